The van der Waals surface area contributed by atoms with Crippen LogP contribution in [0.15, 0.2) is 41.0 Å². The van der Waals surface area contributed by atoms with Crippen LogP contribution >= 0.6 is 15.9 Å². The number of aromatic nitrogens is 1. The normalized spacial score (nSPS) is 10.6. The molecule has 0 radical (unpaired) electrons. The zero-order chi connectivity index (χ0) is 13.0. The van der Waals surface area contributed by atoms with Crippen molar-refractivity contribution in [2.75, 3.05) is 5.32 Å². The molecule has 1 aromatic carbocycles. The van der Waals surface area contributed by atoms with Crippen molar-refractivity contribution in [3.05, 3.63) is 52.5 Å². The van der Waals surface area contributed by atoms with E-state index in [-0.39, 0.29) is 5.82 Å². The lowest BCUT2D eigenvalue weighted by Crippen LogP contribution is -2.07. The molecule has 0 saturated carbocycles. The molecule has 0 aliphatic rings. The van der Waals surface area contributed by atoms with Gasteiger partial charge in [-0.1, -0.05) is 6.92 Å². The van der Waals surface area contributed by atoms with Gasteiger partial charge in [-0.2, -0.15) is 0 Å². The summed E-state index contributed by atoms with van der Waals surface area (Å²) in [7, 11) is 0. The summed E-state index contributed by atoms with van der Waals surface area (Å²) >= 11 is 3.41. The molecule has 0 aliphatic carbocycles. The van der Waals surface area contributed by atoms with Gasteiger partial charge in [-0.05, 0) is 52.7 Å². The molecule has 0 aliphatic heterocycles. The molecule has 2 nitrogen and oxygen atoms in total. The van der Waals surface area contributed by atoms with Crippen molar-refractivity contribution in [2.45, 2.75) is 26.4 Å². The van der Waals surface area contributed by atoms with E-state index in [0.29, 0.717) is 6.54 Å². The third kappa shape index (κ3) is 3.13. The molecule has 2 rings (SSSR count). The molecule has 1 aromatic heterocycles. The molecule has 18 heavy (non-hydrogen) atoms. The summed E-state index contributed by atoms with van der Waals surface area (Å²) in [5.41, 5.74) is 1.98. The summed E-state index contributed by atoms with van der Waals surface area (Å²) < 4.78 is 16.2. The Balaban J connectivity index is 2.06. The Morgan fingerprint density at radius 3 is 2.94 bits per heavy atom. The minimum atomic E-state index is -0.232. The van der Waals surface area contributed by atoms with Crippen LogP contribution in [0.2, 0.25) is 0 Å². The highest BCUT2D eigenvalue weighted by atomic mass is 79.9. The van der Waals surface area contributed by atoms with Gasteiger partial charge in [-0.25, -0.2) is 4.39 Å². The van der Waals surface area contributed by atoms with Crippen LogP contribution in [0.25, 0.3) is 0 Å². The standard InChI is InChI=1S/C14H16BrFN2/c1-2-7-18-8-3-4-12(18)10-17-14-9-11(16)5-6-13(14)15/h3-6,8-9,17H,2,7,10H2,1H3. The maximum Gasteiger partial charge on any atom is 0.125 e. The monoisotopic (exact) mass is 310 g/mol. The van der Waals surface area contributed by atoms with Crippen LogP contribution in [-0.4, -0.2) is 4.57 Å². The third-order valence-corrected chi connectivity index (χ3v) is 3.47. The number of benzene rings is 1. The molecule has 0 amide bonds. The number of hydrogen-bond acceptors (Lipinski definition) is 1. The minimum absolute atomic E-state index is 0.232. The van der Waals surface area contributed by atoms with Gasteiger partial charge in [0.15, 0.2) is 0 Å². The van der Waals surface area contributed by atoms with Crippen molar-refractivity contribution in [3.8, 4) is 0 Å². The highest BCUT2D eigenvalue weighted by Crippen LogP contribution is 2.23. The van der Waals surface area contributed by atoms with Gasteiger partial charge >= 0.3 is 0 Å². The van der Waals surface area contributed by atoms with Gasteiger partial charge in [0.05, 0.1) is 12.2 Å². The molecule has 0 saturated heterocycles. The van der Waals surface area contributed by atoms with E-state index in [1.807, 2.05) is 6.07 Å². The number of rotatable bonds is 5. The summed E-state index contributed by atoms with van der Waals surface area (Å²) in [5.74, 6) is -0.232. The van der Waals surface area contributed by atoms with E-state index in [9.17, 15) is 4.39 Å². The molecular formula is C14H16BrFN2. The summed E-state index contributed by atoms with van der Waals surface area (Å²) in [4.78, 5) is 0. The lowest BCUT2D eigenvalue weighted by Gasteiger charge is -2.11. The first kappa shape index (κ1) is 13.1. The molecule has 0 fully saturated rings. The molecule has 1 N–H and O–H groups in total. The van der Waals surface area contributed by atoms with E-state index in [2.05, 4.69) is 45.0 Å². The molecule has 0 bridgehead atoms. The smallest absolute Gasteiger partial charge is 0.125 e. The van der Waals surface area contributed by atoms with Gasteiger partial charge in [0.2, 0.25) is 0 Å². The lowest BCUT2D eigenvalue weighted by atomic mass is 10.3. The maximum atomic E-state index is 13.1. The molecule has 0 spiro atoms. The van der Waals surface area contributed by atoms with Crippen molar-refractivity contribution in [2.24, 2.45) is 0 Å². The van der Waals surface area contributed by atoms with E-state index >= 15 is 0 Å². The zero-order valence-electron chi connectivity index (χ0n) is 10.3. The SMILES string of the molecule is CCCn1cccc1CNc1cc(F)ccc1Br. The van der Waals surface area contributed by atoms with Crippen LogP contribution in [-0.2, 0) is 13.1 Å². The third-order valence-electron chi connectivity index (χ3n) is 2.78. The average molecular weight is 311 g/mol. The Kier molecular flexibility index (Phi) is 4.42. The van der Waals surface area contributed by atoms with Crippen molar-refractivity contribution in [3.63, 3.8) is 0 Å². The lowest BCUT2D eigenvalue weighted by molar-refractivity contribution is 0.627. The summed E-state index contributed by atoms with van der Waals surface area (Å²) in [6.07, 6.45) is 3.17. The Bertz CT molecular complexity index is 522. The van der Waals surface area contributed by atoms with Gasteiger partial charge in [-0.3, -0.25) is 0 Å². The van der Waals surface area contributed by atoms with E-state index in [0.717, 1.165) is 23.1 Å². The van der Waals surface area contributed by atoms with Crippen molar-refractivity contribution < 1.29 is 4.39 Å². The first-order valence-corrected chi connectivity index (χ1v) is 6.83. The van der Waals surface area contributed by atoms with Crippen LogP contribution in [0.5, 0.6) is 0 Å². The van der Waals surface area contributed by atoms with Crippen molar-refractivity contribution in [1.29, 1.82) is 0 Å². The fraction of sp³-hybridized carbons (Fsp3) is 0.286. The molecule has 0 unspecified atom stereocenters. The second-order valence-corrected chi connectivity index (χ2v) is 5.02. The highest BCUT2D eigenvalue weighted by Gasteiger charge is 2.03. The van der Waals surface area contributed by atoms with Crippen LogP contribution in [0.4, 0.5) is 10.1 Å². The molecule has 96 valence electrons. The Hall–Kier alpha value is -1.29. The largest absolute Gasteiger partial charge is 0.378 e. The first-order valence-electron chi connectivity index (χ1n) is 6.03. The number of nitrogens with one attached hydrogen (secondary N) is 1. The number of halogens is 2. The molecular weight excluding hydrogens is 295 g/mol. The van der Waals surface area contributed by atoms with E-state index in [1.54, 1.807) is 6.07 Å². The number of nitrogens with zero attached hydrogens (tertiary/aromatic N) is 1. The topological polar surface area (TPSA) is 17.0 Å². The van der Waals surface area contributed by atoms with Crippen molar-refractivity contribution >= 4 is 21.6 Å². The van der Waals surface area contributed by atoms with Gasteiger partial charge in [-0.15, -0.1) is 0 Å². The van der Waals surface area contributed by atoms with E-state index < -0.39 is 0 Å². The van der Waals surface area contributed by atoms with Gasteiger partial charge in [0, 0.05) is 22.9 Å². The zero-order valence-corrected chi connectivity index (χ0v) is 11.9. The van der Waals surface area contributed by atoms with Gasteiger partial charge in [0.25, 0.3) is 0 Å². The minimum Gasteiger partial charge on any atom is -0.378 e. The molecule has 1 heterocycles. The Morgan fingerprint density at radius 2 is 2.17 bits per heavy atom. The highest BCUT2D eigenvalue weighted by molar-refractivity contribution is 9.10. The predicted octanol–water partition coefficient (Wildman–Crippen LogP) is 4.41. The Morgan fingerprint density at radius 1 is 1.33 bits per heavy atom. The molecule has 2 aromatic rings. The second-order valence-electron chi connectivity index (χ2n) is 4.17. The Labute approximate surface area is 115 Å². The average Bonchev–Trinajstić information content (AvgIpc) is 2.78. The first-order chi connectivity index (χ1) is 8.70. The van der Waals surface area contributed by atoms with Crippen LogP contribution in [0.3, 0.4) is 0 Å². The number of hydrogen-bond donors (Lipinski definition) is 1. The summed E-state index contributed by atoms with van der Waals surface area (Å²) in [6, 6.07) is 8.76. The fourth-order valence-electron chi connectivity index (χ4n) is 1.89. The fourth-order valence-corrected chi connectivity index (χ4v) is 2.27. The second kappa shape index (κ2) is 6.05. The van der Waals surface area contributed by atoms with Crippen molar-refractivity contribution in [1.82, 2.24) is 4.57 Å². The maximum absolute atomic E-state index is 13.1. The number of aryl methyl sites for hydroxylation is 1. The van der Waals surface area contributed by atoms with E-state index in [1.165, 1.54) is 17.8 Å². The quantitative estimate of drug-likeness (QED) is 0.865. The van der Waals surface area contributed by atoms with E-state index in [4.69, 9.17) is 0 Å². The summed E-state index contributed by atoms with van der Waals surface area (Å²) in [6.45, 7) is 3.85. The van der Waals surface area contributed by atoms with Gasteiger partial charge < -0.3 is 9.88 Å². The molecule has 4 heteroatoms. The van der Waals surface area contributed by atoms with Crippen LogP contribution in [0.1, 0.15) is 19.0 Å². The van der Waals surface area contributed by atoms with Crippen LogP contribution in [0, 0.1) is 5.82 Å². The number of anilines is 1. The van der Waals surface area contributed by atoms with Crippen LogP contribution < -0.4 is 5.32 Å². The van der Waals surface area contributed by atoms with Gasteiger partial charge in [0.1, 0.15) is 5.82 Å². The molecule has 0 atom stereocenters. The predicted molar refractivity (Wildman–Crippen MR) is 76.1 cm³/mol. The summed E-state index contributed by atoms with van der Waals surface area (Å²) in [5, 5.41) is 3.25.